The standard InChI is InChI=1S/C22H20O3S/c1-17-13-15-21(16-14-17)26(23,24)25-22(20-11-7-4-8-12-20)18(2)19-9-5-3-6-10-19/h3-16H,1-2H3/b22-18+. The van der Waals surface area contributed by atoms with Gasteiger partial charge in [-0.2, -0.15) is 8.42 Å². The number of aryl methyl sites for hydroxylation is 1. The zero-order valence-electron chi connectivity index (χ0n) is 14.7. The predicted octanol–water partition coefficient (Wildman–Crippen LogP) is 5.29. The summed E-state index contributed by atoms with van der Waals surface area (Å²) in [6.45, 7) is 3.77. The fourth-order valence-electron chi connectivity index (χ4n) is 2.60. The molecule has 3 aromatic carbocycles. The van der Waals surface area contributed by atoms with Crippen LogP contribution in [0.1, 0.15) is 23.6 Å². The van der Waals surface area contributed by atoms with E-state index in [0.717, 1.165) is 16.7 Å². The summed E-state index contributed by atoms with van der Waals surface area (Å²) in [5, 5.41) is 0. The molecule has 0 spiro atoms. The first-order valence-electron chi connectivity index (χ1n) is 8.30. The minimum atomic E-state index is -3.94. The van der Waals surface area contributed by atoms with E-state index in [2.05, 4.69) is 0 Å². The summed E-state index contributed by atoms with van der Waals surface area (Å²) in [7, 11) is -3.94. The Morgan fingerprint density at radius 2 is 1.23 bits per heavy atom. The molecule has 26 heavy (non-hydrogen) atoms. The maximum atomic E-state index is 12.8. The van der Waals surface area contributed by atoms with Gasteiger partial charge in [0.2, 0.25) is 0 Å². The van der Waals surface area contributed by atoms with E-state index in [9.17, 15) is 8.42 Å². The lowest BCUT2D eigenvalue weighted by Gasteiger charge is -2.15. The van der Waals surface area contributed by atoms with Crippen molar-refractivity contribution in [3.05, 3.63) is 102 Å². The molecule has 3 aromatic rings. The summed E-state index contributed by atoms with van der Waals surface area (Å²) in [6, 6.07) is 25.5. The van der Waals surface area contributed by atoms with Crippen LogP contribution in [0.25, 0.3) is 11.3 Å². The summed E-state index contributed by atoms with van der Waals surface area (Å²) in [5.41, 5.74) is 3.37. The second-order valence-electron chi connectivity index (χ2n) is 6.04. The second-order valence-corrected chi connectivity index (χ2v) is 7.58. The van der Waals surface area contributed by atoms with Gasteiger partial charge in [-0.05, 0) is 31.5 Å². The molecule has 0 atom stereocenters. The third kappa shape index (κ3) is 4.03. The van der Waals surface area contributed by atoms with Crippen LogP contribution in [0.15, 0.2) is 89.8 Å². The predicted molar refractivity (Wildman–Crippen MR) is 105 cm³/mol. The Kier molecular flexibility index (Phi) is 5.24. The lowest BCUT2D eigenvalue weighted by molar-refractivity contribution is 0.464. The van der Waals surface area contributed by atoms with Crippen molar-refractivity contribution in [3.8, 4) is 0 Å². The highest BCUT2D eigenvalue weighted by atomic mass is 32.2. The molecule has 4 heteroatoms. The largest absolute Gasteiger partial charge is 0.378 e. The molecule has 0 N–H and O–H groups in total. The number of hydrogen-bond acceptors (Lipinski definition) is 3. The quantitative estimate of drug-likeness (QED) is 0.351. The van der Waals surface area contributed by atoms with Crippen LogP contribution in [0.5, 0.6) is 0 Å². The molecule has 0 saturated heterocycles. The minimum Gasteiger partial charge on any atom is -0.378 e. The van der Waals surface area contributed by atoms with E-state index in [0.29, 0.717) is 11.3 Å². The van der Waals surface area contributed by atoms with Crippen LogP contribution < -0.4 is 0 Å². The van der Waals surface area contributed by atoms with Gasteiger partial charge in [0.15, 0.2) is 5.76 Å². The van der Waals surface area contributed by atoms with Gasteiger partial charge in [-0.1, -0.05) is 78.4 Å². The first kappa shape index (κ1) is 18.0. The molecule has 0 aliphatic rings. The van der Waals surface area contributed by atoms with Crippen molar-refractivity contribution >= 4 is 21.5 Å². The zero-order valence-corrected chi connectivity index (χ0v) is 15.5. The normalized spacial score (nSPS) is 12.4. The zero-order chi connectivity index (χ0) is 18.6. The molecule has 0 heterocycles. The monoisotopic (exact) mass is 364 g/mol. The molecule has 0 radical (unpaired) electrons. The molecule has 0 amide bonds. The van der Waals surface area contributed by atoms with Crippen molar-refractivity contribution in [1.29, 1.82) is 0 Å². The Hall–Kier alpha value is -2.85. The van der Waals surface area contributed by atoms with Crippen molar-refractivity contribution in [2.75, 3.05) is 0 Å². The molecule has 0 unspecified atom stereocenters. The topological polar surface area (TPSA) is 43.4 Å². The van der Waals surface area contributed by atoms with E-state index in [-0.39, 0.29) is 4.90 Å². The van der Waals surface area contributed by atoms with Gasteiger partial charge in [-0.3, -0.25) is 0 Å². The van der Waals surface area contributed by atoms with E-state index in [1.807, 2.05) is 74.5 Å². The van der Waals surface area contributed by atoms with E-state index < -0.39 is 10.1 Å². The summed E-state index contributed by atoms with van der Waals surface area (Å²) in [4.78, 5) is 0.136. The van der Waals surface area contributed by atoms with E-state index in [1.165, 1.54) is 0 Å². The van der Waals surface area contributed by atoms with Crippen LogP contribution in [0, 0.1) is 6.92 Å². The van der Waals surface area contributed by atoms with Gasteiger partial charge < -0.3 is 4.18 Å². The van der Waals surface area contributed by atoms with Crippen LogP contribution in [0.3, 0.4) is 0 Å². The van der Waals surface area contributed by atoms with Crippen LogP contribution in [0.2, 0.25) is 0 Å². The van der Waals surface area contributed by atoms with Gasteiger partial charge >= 0.3 is 10.1 Å². The Bertz CT molecular complexity index is 1000. The Morgan fingerprint density at radius 1 is 0.731 bits per heavy atom. The van der Waals surface area contributed by atoms with Crippen molar-refractivity contribution in [2.24, 2.45) is 0 Å². The molecule has 0 aliphatic heterocycles. The molecular weight excluding hydrogens is 344 g/mol. The highest BCUT2D eigenvalue weighted by Gasteiger charge is 2.21. The fourth-order valence-corrected chi connectivity index (χ4v) is 3.60. The van der Waals surface area contributed by atoms with Crippen LogP contribution in [-0.4, -0.2) is 8.42 Å². The van der Waals surface area contributed by atoms with Gasteiger partial charge in [-0.15, -0.1) is 0 Å². The maximum absolute atomic E-state index is 12.8. The van der Waals surface area contributed by atoms with Crippen LogP contribution in [0.4, 0.5) is 0 Å². The molecule has 3 rings (SSSR count). The average molecular weight is 364 g/mol. The van der Waals surface area contributed by atoms with E-state index >= 15 is 0 Å². The Balaban J connectivity index is 2.09. The second kappa shape index (κ2) is 7.58. The molecule has 3 nitrogen and oxygen atoms in total. The van der Waals surface area contributed by atoms with E-state index in [1.54, 1.807) is 24.3 Å². The number of hydrogen-bond donors (Lipinski definition) is 0. The molecule has 132 valence electrons. The number of rotatable bonds is 5. The first-order chi connectivity index (χ1) is 12.5. The molecule has 0 aromatic heterocycles. The molecule has 0 bridgehead atoms. The van der Waals surface area contributed by atoms with Gasteiger partial charge in [0.1, 0.15) is 4.90 Å². The highest BCUT2D eigenvalue weighted by molar-refractivity contribution is 7.87. The third-order valence-electron chi connectivity index (χ3n) is 4.09. The summed E-state index contributed by atoms with van der Waals surface area (Å²) >= 11 is 0. The third-order valence-corrected chi connectivity index (χ3v) is 5.32. The smallest absolute Gasteiger partial charge is 0.339 e. The molecular formula is C22H20O3S. The molecule has 0 aliphatic carbocycles. The Labute approximate surface area is 154 Å². The van der Waals surface area contributed by atoms with Crippen LogP contribution >= 0.6 is 0 Å². The SMILES string of the molecule is C/C(=C(\OS(=O)(=O)c1ccc(C)cc1)c1ccccc1)c1ccccc1. The van der Waals surface area contributed by atoms with Gasteiger partial charge in [-0.25, -0.2) is 0 Å². The maximum Gasteiger partial charge on any atom is 0.339 e. The lowest BCUT2D eigenvalue weighted by atomic mass is 10.0. The lowest BCUT2D eigenvalue weighted by Crippen LogP contribution is -2.07. The van der Waals surface area contributed by atoms with Crippen molar-refractivity contribution in [2.45, 2.75) is 18.7 Å². The summed E-state index contributed by atoms with van der Waals surface area (Å²) in [5.74, 6) is 0.331. The minimum absolute atomic E-state index is 0.136. The molecule has 0 saturated carbocycles. The van der Waals surface area contributed by atoms with Crippen molar-refractivity contribution < 1.29 is 12.6 Å². The fraction of sp³-hybridized carbons (Fsp3) is 0.0909. The summed E-state index contributed by atoms with van der Waals surface area (Å²) < 4.78 is 31.2. The average Bonchev–Trinajstić information content (AvgIpc) is 2.67. The van der Waals surface area contributed by atoms with E-state index in [4.69, 9.17) is 4.18 Å². The van der Waals surface area contributed by atoms with Crippen molar-refractivity contribution in [1.82, 2.24) is 0 Å². The Morgan fingerprint density at radius 3 is 1.77 bits per heavy atom. The summed E-state index contributed by atoms with van der Waals surface area (Å²) in [6.07, 6.45) is 0. The number of allylic oxidation sites excluding steroid dienone is 1. The molecule has 0 fully saturated rings. The first-order valence-corrected chi connectivity index (χ1v) is 9.71. The van der Waals surface area contributed by atoms with Gasteiger partial charge in [0.05, 0.1) is 0 Å². The van der Waals surface area contributed by atoms with Gasteiger partial charge in [0, 0.05) is 11.1 Å². The highest BCUT2D eigenvalue weighted by Crippen LogP contribution is 2.30. The number of benzene rings is 3. The van der Waals surface area contributed by atoms with Crippen molar-refractivity contribution in [3.63, 3.8) is 0 Å². The van der Waals surface area contributed by atoms with Crippen LogP contribution in [-0.2, 0) is 14.3 Å². The van der Waals surface area contributed by atoms with Gasteiger partial charge in [0.25, 0.3) is 0 Å².